The van der Waals surface area contributed by atoms with E-state index in [1.165, 1.54) is 6.92 Å². The molecule has 2 amide bonds. The van der Waals surface area contributed by atoms with Gasteiger partial charge in [-0.15, -0.1) is 0 Å². The summed E-state index contributed by atoms with van der Waals surface area (Å²) in [5.74, 6) is 0.726. The Hall–Kier alpha value is -2.34. The molecule has 2 aromatic carbocycles. The maximum Gasteiger partial charge on any atom is 0.255 e. The lowest BCUT2D eigenvalue weighted by atomic mass is 10.2. The lowest BCUT2D eigenvalue weighted by molar-refractivity contribution is -0.114. The Morgan fingerprint density at radius 2 is 1.76 bits per heavy atom. The highest BCUT2D eigenvalue weighted by atomic mass is 79.9. The molecule has 0 saturated heterocycles. The molecule has 0 aliphatic rings. The summed E-state index contributed by atoms with van der Waals surface area (Å²) in [6.45, 7) is 6.20. The average molecular weight is 405 g/mol. The van der Waals surface area contributed by atoms with Crippen molar-refractivity contribution in [3.63, 3.8) is 0 Å². The van der Waals surface area contributed by atoms with E-state index >= 15 is 0 Å². The molecule has 2 aromatic rings. The third-order valence-corrected chi connectivity index (χ3v) is 3.83. The first-order valence-corrected chi connectivity index (χ1v) is 8.76. The molecule has 0 aromatic heterocycles. The zero-order valence-electron chi connectivity index (χ0n) is 14.4. The minimum Gasteiger partial charge on any atom is -0.492 e. The van der Waals surface area contributed by atoms with Crippen LogP contribution in [0.5, 0.6) is 5.75 Å². The normalized spacial score (nSPS) is 10.4. The molecule has 0 heterocycles. The van der Waals surface area contributed by atoms with Crippen LogP contribution in [-0.2, 0) is 4.79 Å². The molecule has 25 heavy (non-hydrogen) atoms. The van der Waals surface area contributed by atoms with E-state index in [0.29, 0.717) is 35.2 Å². The van der Waals surface area contributed by atoms with Crippen molar-refractivity contribution >= 4 is 39.1 Å². The monoisotopic (exact) mass is 404 g/mol. The maximum absolute atomic E-state index is 12.4. The predicted molar refractivity (Wildman–Crippen MR) is 103 cm³/mol. The summed E-state index contributed by atoms with van der Waals surface area (Å²) >= 11 is 3.44. The van der Waals surface area contributed by atoms with Crippen LogP contribution < -0.4 is 15.4 Å². The van der Waals surface area contributed by atoms with Crippen LogP contribution in [-0.4, -0.2) is 18.4 Å². The van der Waals surface area contributed by atoms with Crippen LogP contribution in [0.15, 0.2) is 46.9 Å². The molecule has 5 nitrogen and oxygen atoms in total. The zero-order valence-corrected chi connectivity index (χ0v) is 16.0. The SMILES string of the molecule is CC(=O)Nc1cccc(NC(=O)c2ccc(OCC(C)C)c(Br)c2)c1. The van der Waals surface area contributed by atoms with E-state index in [1.54, 1.807) is 42.5 Å². The summed E-state index contributed by atoms with van der Waals surface area (Å²) < 4.78 is 6.41. The van der Waals surface area contributed by atoms with Crippen molar-refractivity contribution in [3.05, 3.63) is 52.5 Å². The number of nitrogens with one attached hydrogen (secondary N) is 2. The number of carbonyl (C=O) groups is 2. The Morgan fingerprint density at radius 1 is 1.08 bits per heavy atom. The van der Waals surface area contributed by atoms with Gasteiger partial charge in [0.2, 0.25) is 5.91 Å². The topological polar surface area (TPSA) is 67.4 Å². The summed E-state index contributed by atoms with van der Waals surface area (Å²) in [7, 11) is 0. The Labute approximate surface area is 155 Å². The molecule has 0 saturated carbocycles. The summed E-state index contributed by atoms with van der Waals surface area (Å²) in [5.41, 5.74) is 1.74. The van der Waals surface area contributed by atoms with Gasteiger partial charge < -0.3 is 15.4 Å². The van der Waals surface area contributed by atoms with Gasteiger partial charge in [0.25, 0.3) is 5.91 Å². The third-order valence-electron chi connectivity index (χ3n) is 3.21. The minimum atomic E-state index is -0.240. The number of amides is 2. The molecule has 0 aliphatic carbocycles. The highest BCUT2D eigenvalue weighted by molar-refractivity contribution is 9.10. The van der Waals surface area contributed by atoms with E-state index in [0.717, 1.165) is 4.47 Å². The number of rotatable bonds is 6. The van der Waals surface area contributed by atoms with Crippen molar-refractivity contribution < 1.29 is 14.3 Å². The van der Waals surface area contributed by atoms with Gasteiger partial charge in [-0.05, 0) is 58.2 Å². The molecule has 2 rings (SSSR count). The Morgan fingerprint density at radius 3 is 2.36 bits per heavy atom. The van der Waals surface area contributed by atoms with Crippen molar-refractivity contribution in [1.82, 2.24) is 0 Å². The number of ether oxygens (including phenoxy) is 1. The van der Waals surface area contributed by atoms with Gasteiger partial charge in [-0.3, -0.25) is 9.59 Å². The number of halogens is 1. The van der Waals surface area contributed by atoms with Gasteiger partial charge in [0.1, 0.15) is 5.75 Å². The predicted octanol–water partition coefficient (Wildman–Crippen LogP) is 4.69. The van der Waals surface area contributed by atoms with Crippen molar-refractivity contribution in [2.75, 3.05) is 17.2 Å². The molecule has 0 radical (unpaired) electrons. The first-order valence-electron chi connectivity index (χ1n) is 7.96. The standard InChI is InChI=1S/C19H21BrN2O3/c1-12(2)11-25-18-8-7-14(9-17(18)20)19(24)22-16-6-4-5-15(10-16)21-13(3)23/h4-10,12H,11H2,1-3H3,(H,21,23)(H,22,24). The van der Waals surface area contributed by atoms with E-state index < -0.39 is 0 Å². The van der Waals surface area contributed by atoms with Gasteiger partial charge >= 0.3 is 0 Å². The highest BCUT2D eigenvalue weighted by Crippen LogP contribution is 2.27. The Kier molecular flexibility index (Phi) is 6.58. The molecular formula is C19H21BrN2O3. The number of benzene rings is 2. The second kappa shape index (κ2) is 8.67. The third kappa shape index (κ3) is 5.90. The van der Waals surface area contributed by atoms with Gasteiger partial charge in [0.15, 0.2) is 0 Å². The summed E-state index contributed by atoms with van der Waals surface area (Å²) in [6, 6.07) is 12.2. The molecule has 6 heteroatoms. The van der Waals surface area contributed by atoms with Crippen LogP contribution in [0.1, 0.15) is 31.1 Å². The second-order valence-electron chi connectivity index (χ2n) is 6.07. The fourth-order valence-electron chi connectivity index (χ4n) is 2.10. The molecule has 0 spiro atoms. The average Bonchev–Trinajstić information content (AvgIpc) is 2.53. The quantitative estimate of drug-likeness (QED) is 0.733. The van der Waals surface area contributed by atoms with Crippen LogP contribution in [0.4, 0.5) is 11.4 Å². The van der Waals surface area contributed by atoms with Crippen LogP contribution in [0, 0.1) is 5.92 Å². The second-order valence-corrected chi connectivity index (χ2v) is 6.92. The van der Waals surface area contributed by atoms with E-state index in [9.17, 15) is 9.59 Å². The van der Waals surface area contributed by atoms with Crippen LogP contribution in [0.3, 0.4) is 0 Å². The maximum atomic E-state index is 12.4. The first kappa shape index (κ1) is 19.0. The number of hydrogen-bond acceptors (Lipinski definition) is 3. The van der Waals surface area contributed by atoms with Crippen molar-refractivity contribution in [3.8, 4) is 5.75 Å². The molecular weight excluding hydrogens is 384 g/mol. The molecule has 2 N–H and O–H groups in total. The van der Waals surface area contributed by atoms with Crippen molar-refractivity contribution in [1.29, 1.82) is 0 Å². The van der Waals surface area contributed by atoms with Gasteiger partial charge in [-0.1, -0.05) is 19.9 Å². The molecule has 0 aliphatic heterocycles. The number of hydrogen-bond donors (Lipinski definition) is 2. The zero-order chi connectivity index (χ0) is 18.4. The van der Waals surface area contributed by atoms with Crippen molar-refractivity contribution in [2.45, 2.75) is 20.8 Å². The fourth-order valence-corrected chi connectivity index (χ4v) is 2.59. The van der Waals surface area contributed by atoms with Crippen molar-refractivity contribution in [2.24, 2.45) is 5.92 Å². The summed E-state index contributed by atoms with van der Waals surface area (Å²) in [6.07, 6.45) is 0. The number of carbonyl (C=O) groups excluding carboxylic acids is 2. The van der Waals surface area contributed by atoms with Crippen LogP contribution in [0.25, 0.3) is 0 Å². The largest absolute Gasteiger partial charge is 0.492 e. The summed E-state index contributed by atoms with van der Waals surface area (Å²) in [4.78, 5) is 23.5. The molecule has 0 unspecified atom stereocenters. The summed E-state index contributed by atoms with van der Waals surface area (Å²) in [5, 5.41) is 5.50. The van der Waals surface area contributed by atoms with E-state index in [-0.39, 0.29) is 11.8 Å². The lowest BCUT2D eigenvalue weighted by Gasteiger charge is -2.12. The van der Waals surface area contributed by atoms with E-state index in [4.69, 9.17) is 4.74 Å². The minimum absolute atomic E-state index is 0.163. The fraction of sp³-hybridized carbons (Fsp3) is 0.263. The van der Waals surface area contributed by atoms with Gasteiger partial charge in [0, 0.05) is 23.9 Å². The highest BCUT2D eigenvalue weighted by Gasteiger charge is 2.10. The molecule has 0 fully saturated rings. The van der Waals surface area contributed by atoms with Gasteiger partial charge in [0.05, 0.1) is 11.1 Å². The molecule has 0 atom stereocenters. The Balaban J connectivity index is 2.08. The first-order chi connectivity index (χ1) is 11.8. The number of anilines is 2. The van der Waals surface area contributed by atoms with Gasteiger partial charge in [-0.2, -0.15) is 0 Å². The molecule has 0 bridgehead atoms. The lowest BCUT2D eigenvalue weighted by Crippen LogP contribution is -2.13. The van der Waals surface area contributed by atoms with Gasteiger partial charge in [-0.25, -0.2) is 0 Å². The smallest absolute Gasteiger partial charge is 0.255 e. The Bertz CT molecular complexity index is 775. The van der Waals surface area contributed by atoms with E-state index in [1.807, 2.05) is 0 Å². The van der Waals surface area contributed by atoms with E-state index in [2.05, 4.69) is 40.4 Å². The molecule has 132 valence electrons. The van der Waals surface area contributed by atoms with Crippen LogP contribution in [0.2, 0.25) is 0 Å². The van der Waals surface area contributed by atoms with Crippen LogP contribution >= 0.6 is 15.9 Å².